The molecular weight excluding hydrogens is 499 g/mol. The lowest BCUT2D eigenvalue weighted by Gasteiger charge is -2.13. The first-order valence-electron chi connectivity index (χ1n) is 12.7. The van der Waals surface area contributed by atoms with Crippen LogP contribution < -0.4 is 9.69 Å². The molecule has 4 aromatic carbocycles. The number of aryl methyl sites for hydroxylation is 1. The van der Waals surface area contributed by atoms with Gasteiger partial charge in [0.2, 0.25) is 11.4 Å². The third-order valence-corrected chi connectivity index (χ3v) is 6.59. The molecule has 1 atom stereocenters. The Balaban J connectivity index is 0.000000567. The molecule has 1 unspecified atom stereocenters. The van der Waals surface area contributed by atoms with Gasteiger partial charge >= 0.3 is 7.25 Å². The Labute approximate surface area is 225 Å². The van der Waals surface area contributed by atoms with E-state index < -0.39 is 7.25 Å². The fraction of sp³-hybridized carbons (Fsp3) is 0.0938. The van der Waals surface area contributed by atoms with Crippen molar-refractivity contribution in [1.29, 1.82) is 0 Å². The van der Waals surface area contributed by atoms with Gasteiger partial charge in [-0.2, -0.15) is 5.01 Å². The number of hydrogen-bond acceptors (Lipinski definition) is 1. The maximum Gasteiger partial charge on any atom is 0.673 e. The van der Waals surface area contributed by atoms with Gasteiger partial charge in [-0.05, 0) is 47.9 Å². The Hall–Kier alpha value is -4.39. The fourth-order valence-corrected chi connectivity index (χ4v) is 4.71. The zero-order valence-electron chi connectivity index (χ0n) is 21.4. The van der Waals surface area contributed by atoms with Crippen molar-refractivity contribution in [1.82, 2.24) is 0 Å². The third kappa shape index (κ3) is 6.55. The summed E-state index contributed by atoms with van der Waals surface area (Å²) in [6, 6.07) is 46.2. The monoisotopic (exact) mass is 526 g/mol. The summed E-state index contributed by atoms with van der Waals surface area (Å²) in [5.41, 5.74) is 9.95. The molecule has 1 fully saturated rings. The summed E-state index contributed by atoms with van der Waals surface area (Å²) in [7, 11) is -6.00. The zero-order valence-corrected chi connectivity index (χ0v) is 21.4. The van der Waals surface area contributed by atoms with Crippen molar-refractivity contribution in [3.63, 3.8) is 0 Å². The Bertz CT molecular complexity index is 1460. The number of aromatic nitrogens is 1. The smallest absolute Gasteiger partial charge is 0.418 e. The van der Waals surface area contributed by atoms with E-state index >= 15 is 0 Å². The minimum atomic E-state index is -6.00. The van der Waals surface area contributed by atoms with E-state index in [0.717, 1.165) is 6.54 Å². The van der Waals surface area contributed by atoms with Crippen LogP contribution in [0.3, 0.4) is 0 Å². The van der Waals surface area contributed by atoms with Gasteiger partial charge in [0.15, 0.2) is 0 Å². The molecule has 0 aliphatic carbocycles. The van der Waals surface area contributed by atoms with Gasteiger partial charge in [-0.25, -0.2) is 0 Å². The molecule has 1 saturated heterocycles. The minimum Gasteiger partial charge on any atom is -0.418 e. The lowest BCUT2D eigenvalue weighted by Crippen LogP contribution is -2.49. The van der Waals surface area contributed by atoms with Gasteiger partial charge in [-0.15, -0.1) is 0 Å². The third-order valence-electron chi connectivity index (χ3n) is 6.59. The van der Waals surface area contributed by atoms with Gasteiger partial charge in [0.25, 0.3) is 0 Å². The summed E-state index contributed by atoms with van der Waals surface area (Å²) in [4.78, 5) is 0. The van der Waals surface area contributed by atoms with E-state index in [-0.39, 0.29) is 0 Å². The van der Waals surface area contributed by atoms with Gasteiger partial charge in [0, 0.05) is 23.3 Å². The number of hydrogen-bond donors (Lipinski definition) is 0. The lowest BCUT2D eigenvalue weighted by molar-refractivity contribution is -0.655. The number of rotatable bonds is 5. The number of nitrogens with zero attached hydrogens (tertiary/aromatic N) is 2. The van der Waals surface area contributed by atoms with E-state index in [9.17, 15) is 17.3 Å². The molecule has 5 aromatic rings. The lowest BCUT2D eigenvalue weighted by atomic mass is 9.99. The molecule has 0 radical (unpaired) electrons. The molecule has 0 bridgehead atoms. The molecule has 39 heavy (non-hydrogen) atoms. The van der Waals surface area contributed by atoms with Crippen LogP contribution in [0.2, 0.25) is 0 Å². The Morgan fingerprint density at radius 2 is 1.00 bits per heavy atom. The Morgan fingerprint density at radius 3 is 1.44 bits per heavy atom. The first kappa shape index (κ1) is 26.2. The average molecular weight is 526 g/mol. The van der Waals surface area contributed by atoms with E-state index in [1.54, 1.807) is 0 Å². The highest BCUT2D eigenvalue weighted by molar-refractivity contribution is 6.50. The fourth-order valence-electron chi connectivity index (χ4n) is 4.71. The van der Waals surface area contributed by atoms with Crippen LogP contribution >= 0.6 is 0 Å². The first-order chi connectivity index (χ1) is 18.8. The molecular formula is C32H27BF4N2. The van der Waals surface area contributed by atoms with Crippen molar-refractivity contribution in [2.75, 3.05) is 11.6 Å². The van der Waals surface area contributed by atoms with Crippen LogP contribution in [0, 0.1) is 6.92 Å². The van der Waals surface area contributed by atoms with Crippen LogP contribution in [0.5, 0.6) is 0 Å². The second kappa shape index (κ2) is 11.2. The summed E-state index contributed by atoms with van der Waals surface area (Å²) < 4.78 is 41.4. The summed E-state index contributed by atoms with van der Waals surface area (Å²) >= 11 is 0. The highest BCUT2D eigenvalue weighted by atomic mass is 19.5. The predicted molar refractivity (Wildman–Crippen MR) is 150 cm³/mol. The largest absolute Gasteiger partial charge is 0.673 e. The Kier molecular flexibility index (Phi) is 7.50. The SMILES string of the molecule is Cc1ccc(C2CN2[n+]2c(-c3ccccc3)cc(-c3ccccc3)cc2-c2ccccc2)cc1.F[B-](F)(F)F. The quantitative estimate of drug-likeness (QED) is 0.0968. The van der Waals surface area contributed by atoms with Gasteiger partial charge in [-0.3, -0.25) is 0 Å². The van der Waals surface area contributed by atoms with Gasteiger partial charge in [0.05, 0.1) is 0 Å². The molecule has 0 amide bonds. The van der Waals surface area contributed by atoms with Crippen molar-refractivity contribution >= 4 is 7.25 Å². The van der Waals surface area contributed by atoms with Crippen molar-refractivity contribution in [2.45, 2.75) is 13.0 Å². The van der Waals surface area contributed by atoms with Crippen LogP contribution in [0.1, 0.15) is 17.2 Å². The molecule has 1 aliphatic rings. The molecule has 7 heteroatoms. The minimum absolute atomic E-state index is 0.373. The van der Waals surface area contributed by atoms with Crippen LogP contribution in [0.25, 0.3) is 33.6 Å². The van der Waals surface area contributed by atoms with Crippen LogP contribution in [0.4, 0.5) is 17.3 Å². The van der Waals surface area contributed by atoms with Gasteiger partial charge in [0.1, 0.15) is 12.6 Å². The zero-order chi connectivity index (χ0) is 27.4. The van der Waals surface area contributed by atoms with E-state index in [1.807, 2.05) is 0 Å². The van der Waals surface area contributed by atoms with E-state index in [4.69, 9.17) is 0 Å². The van der Waals surface area contributed by atoms with Gasteiger partial charge in [-0.1, -0.05) is 101 Å². The molecule has 2 heterocycles. The van der Waals surface area contributed by atoms with E-state index in [0.29, 0.717) is 6.04 Å². The van der Waals surface area contributed by atoms with Crippen molar-refractivity contribution < 1.29 is 21.9 Å². The topological polar surface area (TPSA) is 6.89 Å². The molecule has 0 N–H and O–H groups in total. The van der Waals surface area contributed by atoms with Crippen LogP contribution in [0.15, 0.2) is 127 Å². The standard InChI is InChI=1S/C32H27N2.BF4/c1-24-17-19-28(20-18-24)32-23-33(32)34-30(26-13-7-3-8-14-26)21-29(25-11-5-2-6-12-25)22-31(34)27-15-9-4-10-16-27;2-1(3,4)5/h2-22,32H,23H2,1H3;/q+1;-1. The van der Waals surface area contributed by atoms with Crippen LogP contribution in [-0.4, -0.2) is 13.8 Å². The van der Waals surface area contributed by atoms with E-state index in [2.05, 4.69) is 144 Å². The highest BCUT2D eigenvalue weighted by Gasteiger charge is 2.46. The molecule has 0 spiro atoms. The maximum atomic E-state index is 9.75. The Morgan fingerprint density at radius 1 is 0.590 bits per heavy atom. The maximum absolute atomic E-state index is 9.75. The predicted octanol–water partition coefficient (Wildman–Crippen LogP) is 8.28. The number of benzene rings is 4. The average Bonchev–Trinajstić information content (AvgIpc) is 3.74. The van der Waals surface area contributed by atoms with E-state index in [1.165, 1.54) is 44.8 Å². The second-order valence-corrected chi connectivity index (χ2v) is 9.47. The number of pyridine rings is 1. The second-order valence-electron chi connectivity index (χ2n) is 9.47. The van der Waals surface area contributed by atoms with Crippen molar-refractivity contribution in [3.8, 4) is 33.6 Å². The molecule has 1 aromatic heterocycles. The normalized spacial score (nSPS) is 14.4. The summed E-state index contributed by atoms with van der Waals surface area (Å²) in [5.74, 6) is 0. The summed E-state index contributed by atoms with van der Waals surface area (Å²) in [6.07, 6.45) is 0. The van der Waals surface area contributed by atoms with Gasteiger partial charge < -0.3 is 17.3 Å². The molecule has 2 nitrogen and oxygen atoms in total. The highest BCUT2D eigenvalue weighted by Crippen LogP contribution is 2.35. The summed E-state index contributed by atoms with van der Waals surface area (Å²) in [5, 5.41) is 2.48. The molecule has 1 aliphatic heterocycles. The molecule has 0 saturated carbocycles. The first-order valence-corrected chi connectivity index (χ1v) is 12.7. The number of halogens is 4. The van der Waals surface area contributed by atoms with Crippen molar-refractivity contribution in [2.24, 2.45) is 0 Å². The molecule has 6 rings (SSSR count). The summed E-state index contributed by atoms with van der Waals surface area (Å²) in [6.45, 7) is 3.14. The van der Waals surface area contributed by atoms with Crippen molar-refractivity contribution in [3.05, 3.63) is 139 Å². The molecule has 196 valence electrons. The van der Waals surface area contributed by atoms with Crippen LogP contribution in [-0.2, 0) is 0 Å².